The second kappa shape index (κ2) is 4.94. The van der Waals surface area contributed by atoms with Gasteiger partial charge in [-0.25, -0.2) is 0 Å². The molecule has 5 atom stereocenters. The number of nitrogens with zero attached hydrogens (tertiary/aromatic N) is 2. The van der Waals surface area contributed by atoms with Gasteiger partial charge in [-0.2, -0.15) is 5.26 Å². The summed E-state index contributed by atoms with van der Waals surface area (Å²) < 4.78 is 0. The molecule has 1 heterocycles. The fourth-order valence-corrected chi connectivity index (χ4v) is 5.99. The molecule has 0 radical (unpaired) electrons. The first-order valence-corrected chi connectivity index (χ1v) is 8.67. The van der Waals surface area contributed by atoms with E-state index in [9.17, 15) is 9.90 Å². The molecule has 5 fully saturated rings. The molecule has 4 bridgehead atoms. The summed E-state index contributed by atoms with van der Waals surface area (Å²) in [5, 5.41) is 23.4. The highest BCUT2D eigenvalue weighted by atomic mass is 16.3. The zero-order chi connectivity index (χ0) is 15.4. The van der Waals surface area contributed by atoms with Gasteiger partial charge in [0.15, 0.2) is 0 Å². The van der Waals surface area contributed by atoms with Crippen LogP contribution in [0.3, 0.4) is 0 Å². The summed E-state index contributed by atoms with van der Waals surface area (Å²) in [4.78, 5) is 14.2. The first kappa shape index (κ1) is 14.5. The fraction of sp³-hybridized carbons (Fsp3) is 0.882. The molecule has 4 aliphatic carbocycles. The van der Waals surface area contributed by atoms with E-state index in [4.69, 9.17) is 5.26 Å². The van der Waals surface area contributed by atoms with Crippen molar-refractivity contribution in [3.63, 3.8) is 0 Å². The Hall–Kier alpha value is -1.12. The standard InChI is InChI=1S/C17H25N3O2/c18-9-14-2-1-3-20(14)15(21)10-19-16-5-12-4-13(6-16)8-17(22,7-12)11-16/h12-14,19,22H,1-8,10-11H2/t12-,13+,14?,16?,17?. The largest absolute Gasteiger partial charge is 0.390 e. The number of amides is 1. The molecule has 0 aromatic carbocycles. The van der Waals surface area contributed by atoms with Crippen LogP contribution in [0.2, 0.25) is 0 Å². The average Bonchev–Trinajstić information content (AvgIpc) is 2.90. The van der Waals surface area contributed by atoms with Gasteiger partial charge in [0.2, 0.25) is 5.91 Å². The molecule has 5 heteroatoms. The van der Waals surface area contributed by atoms with Gasteiger partial charge in [0.05, 0.1) is 18.2 Å². The van der Waals surface area contributed by atoms with Gasteiger partial charge < -0.3 is 15.3 Å². The Morgan fingerprint density at radius 3 is 2.68 bits per heavy atom. The number of likely N-dealkylation sites (tertiary alicyclic amines) is 1. The van der Waals surface area contributed by atoms with E-state index in [0.717, 1.165) is 44.9 Å². The monoisotopic (exact) mass is 303 g/mol. The van der Waals surface area contributed by atoms with Gasteiger partial charge in [-0.15, -0.1) is 0 Å². The highest BCUT2D eigenvalue weighted by Crippen LogP contribution is 2.57. The van der Waals surface area contributed by atoms with E-state index in [2.05, 4.69) is 11.4 Å². The predicted octanol–water partition coefficient (Wildman–Crippen LogP) is 1.17. The third-order valence-electron chi connectivity index (χ3n) is 6.37. The van der Waals surface area contributed by atoms with E-state index in [0.29, 0.717) is 24.9 Å². The molecule has 1 amide bonds. The van der Waals surface area contributed by atoms with Crippen molar-refractivity contribution < 1.29 is 9.90 Å². The fourth-order valence-electron chi connectivity index (χ4n) is 5.99. The van der Waals surface area contributed by atoms with Crippen molar-refractivity contribution in [1.82, 2.24) is 10.2 Å². The lowest BCUT2D eigenvalue weighted by Crippen LogP contribution is -2.65. The third-order valence-corrected chi connectivity index (χ3v) is 6.37. The Morgan fingerprint density at radius 2 is 2.05 bits per heavy atom. The summed E-state index contributed by atoms with van der Waals surface area (Å²) in [5.41, 5.74) is -0.542. The highest BCUT2D eigenvalue weighted by Gasteiger charge is 2.57. The van der Waals surface area contributed by atoms with Gasteiger partial charge in [-0.05, 0) is 63.2 Å². The van der Waals surface area contributed by atoms with Crippen molar-refractivity contribution in [2.75, 3.05) is 13.1 Å². The second-order valence-corrected chi connectivity index (χ2v) is 8.19. The molecule has 2 N–H and O–H groups in total. The van der Waals surface area contributed by atoms with E-state index in [1.165, 1.54) is 6.42 Å². The number of hydrogen-bond donors (Lipinski definition) is 2. The van der Waals surface area contributed by atoms with E-state index in [-0.39, 0.29) is 17.5 Å². The van der Waals surface area contributed by atoms with Gasteiger partial charge in [0.1, 0.15) is 6.04 Å². The molecule has 3 unspecified atom stereocenters. The number of nitrogens with one attached hydrogen (secondary N) is 1. The van der Waals surface area contributed by atoms with Crippen LogP contribution in [0.1, 0.15) is 51.4 Å². The van der Waals surface area contributed by atoms with Crippen molar-refractivity contribution in [2.45, 2.75) is 68.5 Å². The molecule has 0 aromatic heterocycles. The summed E-state index contributed by atoms with van der Waals surface area (Å²) >= 11 is 0. The molecule has 5 nitrogen and oxygen atoms in total. The van der Waals surface area contributed by atoms with Gasteiger partial charge in [0, 0.05) is 12.1 Å². The number of carbonyl (C=O) groups excluding carboxylic acids is 1. The van der Waals surface area contributed by atoms with Crippen LogP contribution in [0.5, 0.6) is 0 Å². The Bertz CT molecular complexity index is 512. The summed E-state index contributed by atoms with van der Waals surface area (Å²) in [6, 6.07) is 1.99. The Kier molecular flexibility index (Phi) is 3.25. The maximum Gasteiger partial charge on any atom is 0.237 e. The van der Waals surface area contributed by atoms with E-state index >= 15 is 0 Å². The third kappa shape index (κ3) is 2.33. The number of hydrogen-bond acceptors (Lipinski definition) is 4. The first-order valence-electron chi connectivity index (χ1n) is 8.67. The molecule has 22 heavy (non-hydrogen) atoms. The molecule has 0 aromatic rings. The van der Waals surface area contributed by atoms with E-state index in [1.54, 1.807) is 4.90 Å². The highest BCUT2D eigenvalue weighted by molar-refractivity contribution is 5.79. The lowest BCUT2D eigenvalue weighted by atomic mass is 9.51. The second-order valence-electron chi connectivity index (χ2n) is 8.19. The maximum atomic E-state index is 12.4. The van der Waals surface area contributed by atoms with Crippen LogP contribution in [-0.2, 0) is 4.79 Å². The summed E-state index contributed by atoms with van der Waals surface area (Å²) in [6.07, 6.45) is 7.87. The van der Waals surface area contributed by atoms with Crippen molar-refractivity contribution in [1.29, 1.82) is 5.26 Å². The lowest BCUT2D eigenvalue weighted by molar-refractivity contribution is -0.147. The van der Waals surface area contributed by atoms with Crippen LogP contribution < -0.4 is 5.32 Å². The molecule has 1 aliphatic heterocycles. The first-order chi connectivity index (χ1) is 10.5. The minimum Gasteiger partial charge on any atom is -0.390 e. The van der Waals surface area contributed by atoms with Crippen LogP contribution in [0.4, 0.5) is 0 Å². The topological polar surface area (TPSA) is 76.4 Å². The number of nitriles is 1. The SMILES string of the molecule is N#CC1CCCN1C(=O)CNC12C[C@@H]3C[C@@H](CC(O)(C3)C1)C2. The van der Waals surface area contributed by atoms with Crippen molar-refractivity contribution in [3.05, 3.63) is 0 Å². The van der Waals surface area contributed by atoms with E-state index in [1.807, 2.05) is 0 Å². The van der Waals surface area contributed by atoms with Crippen molar-refractivity contribution in [3.8, 4) is 6.07 Å². The Morgan fingerprint density at radius 1 is 1.32 bits per heavy atom. The van der Waals surface area contributed by atoms with Gasteiger partial charge >= 0.3 is 0 Å². The Labute approximate surface area is 131 Å². The van der Waals surface area contributed by atoms with Crippen LogP contribution in [0, 0.1) is 23.2 Å². The van der Waals surface area contributed by atoms with Crippen LogP contribution in [0.15, 0.2) is 0 Å². The molecule has 5 aliphatic rings. The van der Waals surface area contributed by atoms with Crippen molar-refractivity contribution in [2.24, 2.45) is 11.8 Å². The van der Waals surface area contributed by atoms with Crippen LogP contribution >= 0.6 is 0 Å². The minimum absolute atomic E-state index is 0.0453. The van der Waals surface area contributed by atoms with Crippen molar-refractivity contribution >= 4 is 5.91 Å². The Balaban J connectivity index is 1.41. The number of rotatable bonds is 3. The van der Waals surface area contributed by atoms with E-state index < -0.39 is 5.60 Å². The maximum absolute atomic E-state index is 12.4. The summed E-state index contributed by atoms with van der Waals surface area (Å²) in [5.74, 6) is 1.28. The summed E-state index contributed by atoms with van der Waals surface area (Å²) in [7, 11) is 0. The minimum atomic E-state index is -0.497. The molecular weight excluding hydrogens is 278 g/mol. The lowest BCUT2D eigenvalue weighted by Gasteiger charge is -2.60. The quantitative estimate of drug-likeness (QED) is 0.821. The normalized spacial score (nSPS) is 46.0. The van der Waals surface area contributed by atoms with Crippen LogP contribution in [0.25, 0.3) is 0 Å². The molecule has 4 saturated carbocycles. The zero-order valence-electron chi connectivity index (χ0n) is 13.1. The predicted molar refractivity (Wildman–Crippen MR) is 80.7 cm³/mol. The van der Waals surface area contributed by atoms with Gasteiger partial charge in [-0.1, -0.05) is 0 Å². The smallest absolute Gasteiger partial charge is 0.237 e. The van der Waals surface area contributed by atoms with Gasteiger partial charge in [0.25, 0.3) is 0 Å². The molecule has 5 rings (SSSR count). The van der Waals surface area contributed by atoms with Crippen LogP contribution in [-0.4, -0.2) is 46.2 Å². The molecule has 0 spiro atoms. The number of carbonyl (C=O) groups is 1. The van der Waals surface area contributed by atoms with Gasteiger partial charge in [-0.3, -0.25) is 4.79 Å². The zero-order valence-corrected chi connectivity index (χ0v) is 13.1. The molecular formula is C17H25N3O2. The average molecular weight is 303 g/mol. The molecule has 1 saturated heterocycles. The summed E-state index contributed by atoms with van der Waals surface area (Å²) in [6.45, 7) is 1.02. The number of aliphatic hydroxyl groups is 1. The molecule has 120 valence electrons.